The third-order valence-corrected chi connectivity index (χ3v) is 5.86. The second kappa shape index (κ2) is 7.99. The molecule has 8 nitrogen and oxygen atoms in total. The van der Waals surface area contributed by atoms with Gasteiger partial charge in [0, 0.05) is 11.3 Å². The minimum atomic E-state index is -0.537. The largest absolute Gasteiger partial charge is 0.505 e. The fraction of sp³-hybridized carbons (Fsp3) is 0.0870. The van der Waals surface area contributed by atoms with Gasteiger partial charge in [-0.25, -0.2) is 0 Å². The molecule has 0 atom stereocenters. The summed E-state index contributed by atoms with van der Waals surface area (Å²) in [4.78, 5) is 39.6. The van der Waals surface area contributed by atoms with Gasteiger partial charge in [0.05, 0.1) is 27.7 Å². The standard InChI is InChI=1S/C23H14Cl2N2O6/c24-16-7-13(8-17(25)20(16)28)26-21(29)12-2-3-14-15(6-12)23(31)27(22(14)30)9-11-1-4-18-19(5-11)33-10-32-18/h1-8,28H,9-10H2,(H,26,29). The average molecular weight is 485 g/mol. The number of benzene rings is 3. The highest BCUT2D eigenvalue weighted by molar-refractivity contribution is 6.37. The van der Waals surface area contributed by atoms with Crippen LogP contribution in [0.2, 0.25) is 10.0 Å². The van der Waals surface area contributed by atoms with Crippen LogP contribution in [0.15, 0.2) is 48.5 Å². The molecule has 33 heavy (non-hydrogen) atoms. The van der Waals surface area contributed by atoms with Crippen LogP contribution in [-0.2, 0) is 6.54 Å². The molecule has 2 aliphatic rings. The van der Waals surface area contributed by atoms with Crippen LogP contribution in [0.1, 0.15) is 36.6 Å². The van der Waals surface area contributed by atoms with Crippen molar-refractivity contribution in [1.82, 2.24) is 4.90 Å². The van der Waals surface area contributed by atoms with Gasteiger partial charge in [0.1, 0.15) is 0 Å². The first kappa shape index (κ1) is 21.1. The number of rotatable bonds is 4. The molecule has 166 valence electrons. The third-order valence-electron chi connectivity index (χ3n) is 5.29. The number of nitrogens with one attached hydrogen (secondary N) is 1. The lowest BCUT2D eigenvalue weighted by molar-refractivity contribution is 0.0642. The molecule has 0 aliphatic carbocycles. The summed E-state index contributed by atoms with van der Waals surface area (Å²) in [5.41, 5.74) is 1.48. The quantitative estimate of drug-likeness (QED) is 0.417. The molecule has 0 saturated carbocycles. The normalized spacial score (nSPS) is 13.9. The summed E-state index contributed by atoms with van der Waals surface area (Å²) in [7, 11) is 0. The second-order valence-corrected chi connectivity index (χ2v) is 8.20. The minimum Gasteiger partial charge on any atom is -0.505 e. The number of halogens is 2. The summed E-state index contributed by atoms with van der Waals surface area (Å²) in [6.45, 7) is 0.175. The maximum absolute atomic E-state index is 13.0. The summed E-state index contributed by atoms with van der Waals surface area (Å²) in [5.74, 6) is -0.620. The van der Waals surface area contributed by atoms with Gasteiger partial charge < -0.3 is 19.9 Å². The number of imide groups is 1. The van der Waals surface area contributed by atoms with E-state index in [0.717, 1.165) is 4.90 Å². The van der Waals surface area contributed by atoms with Crippen LogP contribution in [0.4, 0.5) is 5.69 Å². The number of phenolic OH excluding ortho intramolecular Hbond substituents is 1. The monoisotopic (exact) mass is 484 g/mol. The van der Waals surface area contributed by atoms with E-state index in [1.165, 1.54) is 30.3 Å². The molecule has 3 aromatic rings. The summed E-state index contributed by atoms with van der Waals surface area (Å²) in [5, 5.41) is 12.2. The summed E-state index contributed by atoms with van der Waals surface area (Å²) in [6, 6.07) is 12.1. The molecule has 0 fully saturated rings. The van der Waals surface area contributed by atoms with Crippen molar-refractivity contribution in [1.29, 1.82) is 0 Å². The molecule has 0 saturated heterocycles. The van der Waals surface area contributed by atoms with E-state index in [1.807, 2.05) is 0 Å². The second-order valence-electron chi connectivity index (χ2n) is 7.39. The number of aromatic hydroxyl groups is 1. The van der Waals surface area contributed by atoms with Crippen LogP contribution in [0, 0.1) is 0 Å². The average Bonchev–Trinajstić information content (AvgIpc) is 3.35. The third kappa shape index (κ3) is 3.73. The first-order chi connectivity index (χ1) is 15.8. The van der Waals surface area contributed by atoms with E-state index in [2.05, 4.69) is 5.32 Å². The Bertz CT molecular complexity index is 1330. The fourth-order valence-electron chi connectivity index (χ4n) is 3.64. The van der Waals surface area contributed by atoms with Gasteiger partial charge in [-0.1, -0.05) is 29.3 Å². The number of carbonyl (C=O) groups excluding carboxylic acids is 3. The van der Waals surface area contributed by atoms with E-state index in [9.17, 15) is 19.5 Å². The van der Waals surface area contributed by atoms with Gasteiger partial charge in [-0.2, -0.15) is 0 Å². The lowest BCUT2D eigenvalue weighted by Crippen LogP contribution is -2.29. The van der Waals surface area contributed by atoms with Crippen LogP contribution in [0.25, 0.3) is 0 Å². The maximum atomic E-state index is 13.0. The number of ether oxygens (including phenoxy) is 2. The van der Waals surface area contributed by atoms with Crippen molar-refractivity contribution in [2.24, 2.45) is 0 Å². The zero-order valence-corrected chi connectivity index (χ0v) is 18.2. The Morgan fingerprint density at radius 3 is 2.39 bits per heavy atom. The van der Waals surface area contributed by atoms with Gasteiger partial charge in [0.2, 0.25) is 6.79 Å². The van der Waals surface area contributed by atoms with Gasteiger partial charge in [-0.05, 0) is 48.0 Å². The molecule has 0 radical (unpaired) electrons. The van der Waals surface area contributed by atoms with E-state index in [-0.39, 0.29) is 51.5 Å². The topological polar surface area (TPSA) is 105 Å². The molecular formula is C23H14Cl2N2O6. The molecule has 0 spiro atoms. The Balaban J connectivity index is 1.36. The molecule has 10 heteroatoms. The highest BCUT2D eigenvalue weighted by atomic mass is 35.5. The fourth-order valence-corrected chi connectivity index (χ4v) is 4.13. The number of fused-ring (bicyclic) bond motifs is 2. The number of phenols is 1. The first-order valence-electron chi connectivity index (χ1n) is 9.70. The van der Waals surface area contributed by atoms with Gasteiger partial charge >= 0.3 is 0 Å². The van der Waals surface area contributed by atoms with Crippen LogP contribution >= 0.6 is 23.2 Å². The molecule has 0 unspecified atom stereocenters. The predicted molar refractivity (Wildman–Crippen MR) is 119 cm³/mol. The lowest BCUT2D eigenvalue weighted by Gasteiger charge is -2.14. The van der Waals surface area contributed by atoms with Gasteiger partial charge in [-0.15, -0.1) is 0 Å². The van der Waals surface area contributed by atoms with Crippen LogP contribution in [0.5, 0.6) is 17.2 Å². The molecule has 5 rings (SSSR count). The van der Waals surface area contributed by atoms with Gasteiger partial charge in [0.15, 0.2) is 17.2 Å². The van der Waals surface area contributed by atoms with Crippen molar-refractivity contribution in [3.8, 4) is 17.2 Å². The van der Waals surface area contributed by atoms with Crippen molar-refractivity contribution in [2.75, 3.05) is 12.1 Å². The Morgan fingerprint density at radius 2 is 1.64 bits per heavy atom. The van der Waals surface area contributed by atoms with Gasteiger partial charge in [-0.3, -0.25) is 19.3 Å². The summed E-state index contributed by atoms with van der Waals surface area (Å²) in [6.07, 6.45) is 0. The molecule has 3 aromatic carbocycles. The molecular weight excluding hydrogens is 471 g/mol. The number of hydrogen-bond donors (Lipinski definition) is 2. The molecule has 3 amide bonds. The zero-order valence-electron chi connectivity index (χ0n) is 16.7. The Morgan fingerprint density at radius 1 is 0.939 bits per heavy atom. The SMILES string of the molecule is O=C(Nc1cc(Cl)c(O)c(Cl)c1)c1ccc2c(c1)C(=O)N(Cc1ccc3c(c1)OCO3)C2=O. The van der Waals surface area contributed by atoms with Crippen LogP contribution in [-0.4, -0.2) is 34.5 Å². The predicted octanol–water partition coefficient (Wildman–Crippen LogP) is 4.48. The minimum absolute atomic E-state index is 0.0216. The Kier molecular flexibility index (Phi) is 5.11. The summed E-state index contributed by atoms with van der Waals surface area (Å²) < 4.78 is 10.6. The summed E-state index contributed by atoms with van der Waals surface area (Å²) >= 11 is 11.8. The van der Waals surface area contributed by atoms with E-state index in [4.69, 9.17) is 32.7 Å². The first-order valence-corrected chi connectivity index (χ1v) is 10.5. The number of hydrogen-bond acceptors (Lipinski definition) is 6. The van der Waals surface area contributed by atoms with E-state index < -0.39 is 17.7 Å². The van der Waals surface area contributed by atoms with Gasteiger partial charge in [0.25, 0.3) is 17.7 Å². The lowest BCUT2D eigenvalue weighted by atomic mass is 10.1. The molecule has 2 heterocycles. The number of nitrogens with zero attached hydrogens (tertiary/aromatic N) is 1. The van der Waals surface area contributed by atoms with E-state index in [0.29, 0.717) is 17.1 Å². The number of amides is 3. The van der Waals surface area contributed by atoms with Crippen molar-refractivity contribution in [3.63, 3.8) is 0 Å². The van der Waals surface area contributed by atoms with Crippen molar-refractivity contribution in [2.45, 2.75) is 6.54 Å². The highest BCUT2D eigenvalue weighted by Gasteiger charge is 2.36. The Labute approximate surface area is 197 Å². The number of carbonyl (C=O) groups is 3. The van der Waals surface area contributed by atoms with Crippen LogP contribution in [0.3, 0.4) is 0 Å². The molecule has 2 N–H and O–H groups in total. The number of anilines is 1. The van der Waals surface area contributed by atoms with Crippen molar-refractivity contribution < 1.29 is 29.0 Å². The van der Waals surface area contributed by atoms with Crippen LogP contribution < -0.4 is 14.8 Å². The van der Waals surface area contributed by atoms with Crippen molar-refractivity contribution in [3.05, 3.63) is 80.8 Å². The molecule has 0 aromatic heterocycles. The zero-order chi connectivity index (χ0) is 23.3. The van der Waals surface area contributed by atoms with E-state index >= 15 is 0 Å². The smallest absolute Gasteiger partial charge is 0.261 e. The maximum Gasteiger partial charge on any atom is 0.261 e. The van der Waals surface area contributed by atoms with E-state index in [1.54, 1.807) is 18.2 Å². The molecule has 0 bridgehead atoms. The Hall–Kier alpha value is -3.75. The van der Waals surface area contributed by atoms with Crippen molar-refractivity contribution >= 4 is 46.6 Å². The molecule has 2 aliphatic heterocycles. The highest BCUT2D eigenvalue weighted by Crippen LogP contribution is 2.36.